The van der Waals surface area contributed by atoms with Crippen molar-refractivity contribution in [2.45, 2.75) is 43.9 Å². The fraction of sp³-hybridized carbons (Fsp3) is 0.647. The standard InChI is InChI=1S/C17H26N2O2/c1-17(12-18,9-13-5-3-4-6-16(13)20-2)19-10-14-7-8-15(11-19)21-14/h3-6,14-15H,7-12,18H2,1-2H3. The van der Waals surface area contributed by atoms with Gasteiger partial charge in [0.1, 0.15) is 5.75 Å². The summed E-state index contributed by atoms with van der Waals surface area (Å²) in [7, 11) is 1.73. The van der Waals surface area contributed by atoms with Gasteiger partial charge in [0, 0.05) is 25.2 Å². The number of para-hydroxylation sites is 1. The average molecular weight is 290 g/mol. The highest BCUT2D eigenvalue weighted by molar-refractivity contribution is 5.34. The lowest BCUT2D eigenvalue weighted by atomic mass is 9.89. The zero-order valence-electron chi connectivity index (χ0n) is 13.0. The van der Waals surface area contributed by atoms with Crippen molar-refractivity contribution < 1.29 is 9.47 Å². The highest BCUT2D eigenvalue weighted by atomic mass is 16.5. The topological polar surface area (TPSA) is 47.7 Å². The monoisotopic (exact) mass is 290 g/mol. The van der Waals surface area contributed by atoms with Gasteiger partial charge < -0.3 is 15.2 Å². The smallest absolute Gasteiger partial charge is 0.122 e. The molecule has 4 nitrogen and oxygen atoms in total. The lowest BCUT2D eigenvalue weighted by Crippen LogP contribution is -2.59. The first-order chi connectivity index (χ1) is 10.1. The third-order valence-corrected chi connectivity index (χ3v) is 5.01. The maximum absolute atomic E-state index is 6.17. The van der Waals surface area contributed by atoms with E-state index in [1.165, 1.54) is 18.4 Å². The maximum Gasteiger partial charge on any atom is 0.122 e. The summed E-state index contributed by atoms with van der Waals surface area (Å²) in [5.41, 5.74) is 7.35. The molecule has 0 aromatic heterocycles. The molecule has 2 bridgehead atoms. The second kappa shape index (κ2) is 5.95. The molecule has 2 saturated heterocycles. The summed E-state index contributed by atoms with van der Waals surface area (Å²) in [5.74, 6) is 0.952. The number of likely N-dealkylation sites (tertiary alicyclic amines) is 1. The first-order valence-electron chi connectivity index (χ1n) is 7.87. The molecule has 2 fully saturated rings. The lowest BCUT2D eigenvalue weighted by molar-refractivity contribution is -0.0727. The number of fused-ring (bicyclic) bond motifs is 2. The highest BCUT2D eigenvalue weighted by Gasteiger charge is 2.41. The molecule has 3 unspecified atom stereocenters. The summed E-state index contributed by atoms with van der Waals surface area (Å²) in [6.07, 6.45) is 4.08. The quantitative estimate of drug-likeness (QED) is 0.898. The van der Waals surface area contributed by atoms with Crippen LogP contribution >= 0.6 is 0 Å². The predicted molar refractivity (Wildman–Crippen MR) is 83.6 cm³/mol. The predicted octanol–water partition coefficient (Wildman–Crippen LogP) is 1.82. The van der Waals surface area contributed by atoms with Crippen LogP contribution in [-0.4, -0.2) is 49.4 Å². The maximum atomic E-state index is 6.17. The second-order valence-electron chi connectivity index (χ2n) is 6.55. The van der Waals surface area contributed by atoms with Crippen molar-refractivity contribution in [3.63, 3.8) is 0 Å². The molecular formula is C17H26N2O2. The zero-order valence-corrected chi connectivity index (χ0v) is 13.0. The highest BCUT2D eigenvalue weighted by Crippen LogP contribution is 2.33. The molecule has 3 rings (SSSR count). The van der Waals surface area contributed by atoms with Gasteiger partial charge in [0.2, 0.25) is 0 Å². The fourth-order valence-electron chi connectivity index (χ4n) is 3.63. The minimum atomic E-state index is -0.0424. The summed E-state index contributed by atoms with van der Waals surface area (Å²) in [6, 6.07) is 8.24. The SMILES string of the molecule is COc1ccccc1CC(C)(CN)N1CC2CCC(C1)O2. The van der Waals surface area contributed by atoms with Crippen molar-refractivity contribution in [2.24, 2.45) is 5.73 Å². The molecule has 0 saturated carbocycles. The molecule has 21 heavy (non-hydrogen) atoms. The molecule has 1 aromatic carbocycles. The van der Waals surface area contributed by atoms with Crippen LogP contribution in [0, 0.1) is 0 Å². The summed E-state index contributed by atoms with van der Waals surface area (Å²) < 4.78 is 11.4. The fourth-order valence-corrected chi connectivity index (χ4v) is 3.63. The van der Waals surface area contributed by atoms with Crippen LogP contribution in [-0.2, 0) is 11.2 Å². The van der Waals surface area contributed by atoms with Crippen LogP contribution in [0.2, 0.25) is 0 Å². The van der Waals surface area contributed by atoms with E-state index in [1.54, 1.807) is 7.11 Å². The number of methoxy groups -OCH3 is 1. The molecule has 2 heterocycles. The van der Waals surface area contributed by atoms with Gasteiger partial charge in [-0.05, 0) is 37.8 Å². The van der Waals surface area contributed by atoms with Crippen LogP contribution in [0.3, 0.4) is 0 Å². The molecule has 0 aliphatic carbocycles. The number of nitrogens with zero attached hydrogens (tertiary/aromatic N) is 1. The van der Waals surface area contributed by atoms with Crippen molar-refractivity contribution in [3.8, 4) is 5.75 Å². The van der Waals surface area contributed by atoms with Crippen LogP contribution in [0.25, 0.3) is 0 Å². The number of hydrogen-bond acceptors (Lipinski definition) is 4. The number of hydrogen-bond donors (Lipinski definition) is 1. The van der Waals surface area contributed by atoms with Crippen LogP contribution in [0.1, 0.15) is 25.3 Å². The van der Waals surface area contributed by atoms with Gasteiger partial charge >= 0.3 is 0 Å². The van der Waals surface area contributed by atoms with Gasteiger partial charge in [0.15, 0.2) is 0 Å². The molecule has 1 aromatic rings. The molecule has 0 radical (unpaired) electrons. The first-order valence-corrected chi connectivity index (χ1v) is 7.87. The van der Waals surface area contributed by atoms with Crippen LogP contribution < -0.4 is 10.5 Å². The average Bonchev–Trinajstić information content (AvgIpc) is 2.85. The van der Waals surface area contributed by atoms with Crippen molar-refractivity contribution in [1.82, 2.24) is 4.90 Å². The Morgan fingerprint density at radius 1 is 1.29 bits per heavy atom. The Hall–Kier alpha value is -1.10. The van der Waals surface area contributed by atoms with Gasteiger partial charge in [-0.1, -0.05) is 18.2 Å². The van der Waals surface area contributed by atoms with Crippen LogP contribution in [0.15, 0.2) is 24.3 Å². The molecule has 4 heteroatoms. The zero-order chi connectivity index (χ0) is 14.9. The van der Waals surface area contributed by atoms with Gasteiger partial charge in [-0.2, -0.15) is 0 Å². The number of rotatable bonds is 5. The molecule has 2 aliphatic heterocycles. The van der Waals surface area contributed by atoms with Gasteiger partial charge in [-0.15, -0.1) is 0 Å². The first kappa shape index (κ1) is 14.8. The van der Waals surface area contributed by atoms with Crippen molar-refractivity contribution in [3.05, 3.63) is 29.8 Å². The number of nitrogens with two attached hydrogens (primary N) is 1. The van der Waals surface area contributed by atoms with Crippen LogP contribution in [0.4, 0.5) is 0 Å². The number of morpholine rings is 1. The second-order valence-corrected chi connectivity index (χ2v) is 6.55. The molecule has 0 spiro atoms. The summed E-state index contributed by atoms with van der Waals surface area (Å²) >= 11 is 0. The van der Waals surface area contributed by atoms with E-state index in [2.05, 4.69) is 24.0 Å². The normalized spacial score (nSPS) is 28.3. The van der Waals surface area contributed by atoms with Crippen molar-refractivity contribution >= 4 is 0 Å². The van der Waals surface area contributed by atoms with E-state index < -0.39 is 0 Å². The minimum absolute atomic E-state index is 0.0424. The molecule has 2 aliphatic rings. The van der Waals surface area contributed by atoms with Crippen molar-refractivity contribution in [1.29, 1.82) is 0 Å². The molecule has 0 amide bonds. The molecule has 116 valence electrons. The van der Waals surface area contributed by atoms with Gasteiger partial charge in [-0.3, -0.25) is 4.90 Å². The Kier molecular flexibility index (Phi) is 4.20. The molecule has 2 N–H and O–H groups in total. The lowest BCUT2D eigenvalue weighted by Gasteiger charge is -2.45. The Bertz CT molecular complexity index is 481. The van der Waals surface area contributed by atoms with Crippen LogP contribution in [0.5, 0.6) is 5.75 Å². The van der Waals surface area contributed by atoms with Gasteiger partial charge in [0.05, 0.1) is 19.3 Å². The summed E-state index contributed by atoms with van der Waals surface area (Å²) in [5, 5.41) is 0. The summed E-state index contributed by atoms with van der Waals surface area (Å²) in [4.78, 5) is 2.53. The van der Waals surface area contributed by atoms with E-state index in [9.17, 15) is 0 Å². The van der Waals surface area contributed by atoms with Crippen molar-refractivity contribution in [2.75, 3.05) is 26.7 Å². The minimum Gasteiger partial charge on any atom is -0.496 e. The number of ether oxygens (including phenoxy) is 2. The third kappa shape index (κ3) is 2.93. The molecular weight excluding hydrogens is 264 g/mol. The van der Waals surface area contributed by atoms with Gasteiger partial charge in [-0.25, -0.2) is 0 Å². The van der Waals surface area contributed by atoms with E-state index >= 15 is 0 Å². The Labute approximate surface area is 127 Å². The molecule has 3 atom stereocenters. The number of benzene rings is 1. The van der Waals surface area contributed by atoms with E-state index in [0.29, 0.717) is 18.8 Å². The van der Waals surface area contributed by atoms with E-state index in [4.69, 9.17) is 15.2 Å². The van der Waals surface area contributed by atoms with E-state index in [1.807, 2.05) is 12.1 Å². The summed E-state index contributed by atoms with van der Waals surface area (Å²) in [6.45, 7) is 4.91. The third-order valence-electron chi connectivity index (χ3n) is 5.01. The van der Waals surface area contributed by atoms with E-state index in [0.717, 1.165) is 25.3 Å². The Morgan fingerprint density at radius 3 is 2.57 bits per heavy atom. The Balaban J connectivity index is 1.79. The largest absolute Gasteiger partial charge is 0.496 e. The Morgan fingerprint density at radius 2 is 1.95 bits per heavy atom. The van der Waals surface area contributed by atoms with E-state index in [-0.39, 0.29) is 5.54 Å². The van der Waals surface area contributed by atoms with Gasteiger partial charge in [0.25, 0.3) is 0 Å².